The number of carbonyl (C=O) groups is 1. The minimum Gasteiger partial charge on any atom is -0.493 e. The Labute approximate surface area is 419 Å². The van der Waals surface area contributed by atoms with E-state index in [1.165, 1.54) is 30.3 Å². The first-order chi connectivity index (χ1) is 34.4. The molecule has 19 nitrogen and oxygen atoms in total. The topological polar surface area (TPSA) is 303 Å². The molecule has 8 N–H and O–H groups in total. The molecule has 4 aromatic carbocycles. The van der Waals surface area contributed by atoms with Crippen molar-refractivity contribution in [3.8, 4) is 56.3 Å². The van der Waals surface area contributed by atoms with Crippen LogP contribution in [0.15, 0.2) is 124 Å². The molecule has 22 heteroatoms. The van der Waals surface area contributed by atoms with E-state index in [1.54, 1.807) is 56.0 Å². The van der Waals surface area contributed by atoms with Crippen LogP contribution in [0.25, 0.3) is 55.5 Å². The van der Waals surface area contributed by atoms with Gasteiger partial charge in [0.2, 0.25) is 5.43 Å². The lowest BCUT2D eigenvalue weighted by molar-refractivity contribution is -0.101. The number of hydrogen-bond acceptors (Lipinski definition) is 14. The summed E-state index contributed by atoms with van der Waals surface area (Å²) in [6, 6.07) is 22.8. The number of nitrogens with zero attached hydrogens (tertiary/aromatic N) is 3. The number of aromatic nitrogens is 3. The molecule has 9 rings (SSSR count). The van der Waals surface area contributed by atoms with Gasteiger partial charge in [0.1, 0.15) is 39.7 Å². The fourth-order valence-corrected chi connectivity index (χ4v) is 9.99. The first-order valence-corrected chi connectivity index (χ1v) is 25.4. The molecule has 2 aliphatic heterocycles. The van der Waals surface area contributed by atoms with Gasteiger partial charge in [-0.05, 0) is 79.3 Å². The summed E-state index contributed by atoms with van der Waals surface area (Å²) in [5.41, 5.74) is 15.5. The maximum Gasteiger partial charge on any atom is 0.295 e. The second kappa shape index (κ2) is 22.7. The lowest BCUT2D eigenvalue weighted by Crippen LogP contribution is -2.33. The van der Waals surface area contributed by atoms with E-state index in [9.17, 15) is 26.4 Å². The smallest absolute Gasteiger partial charge is 0.295 e. The third-order valence-electron chi connectivity index (χ3n) is 12.2. The molecule has 73 heavy (non-hydrogen) atoms. The largest absolute Gasteiger partial charge is 0.493 e. The van der Waals surface area contributed by atoms with Gasteiger partial charge < -0.3 is 45.2 Å². The molecule has 5 heterocycles. The number of benzene rings is 4. The number of amides is 1. The molecule has 3 aromatic heterocycles. The molecule has 0 radical (unpaired) electrons. The summed E-state index contributed by atoms with van der Waals surface area (Å²) in [4.78, 5) is 35.1. The molecule has 2 fully saturated rings. The van der Waals surface area contributed by atoms with Crippen molar-refractivity contribution in [1.29, 1.82) is 0 Å². The van der Waals surface area contributed by atoms with Crippen molar-refractivity contribution in [3.63, 3.8) is 0 Å². The Morgan fingerprint density at radius 1 is 0.795 bits per heavy atom. The van der Waals surface area contributed by atoms with Crippen molar-refractivity contribution in [3.05, 3.63) is 137 Å². The summed E-state index contributed by atoms with van der Waals surface area (Å²) in [6.45, 7) is 5.40. The van der Waals surface area contributed by atoms with Crippen molar-refractivity contribution in [1.82, 2.24) is 14.5 Å². The lowest BCUT2D eigenvalue weighted by atomic mass is 9.95. The van der Waals surface area contributed by atoms with Crippen molar-refractivity contribution >= 4 is 42.7 Å². The summed E-state index contributed by atoms with van der Waals surface area (Å²) in [7, 11) is -7.39. The number of nitrogen functional groups attached to an aromatic ring is 1. The van der Waals surface area contributed by atoms with Gasteiger partial charge in [0, 0.05) is 71.4 Å². The fraction of sp³-hybridized carbons (Fsp3) is 0.255. The number of hydrogen-bond donors (Lipinski definition) is 4. The van der Waals surface area contributed by atoms with E-state index < -0.39 is 47.2 Å². The molecule has 0 bridgehead atoms. The normalized spacial score (nSPS) is 15.2. The number of ether oxygens (including phenoxy) is 5. The average Bonchev–Trinajstić information content (AvgIpc) is 3.36. The highest BCUT2D eigenvalue weighted by atomic mass is 32.2. The van der Waals surface area contributed by atoms with Crippen LogP contribution in [0.5, 0.6) is 11.5 Å². The van der Waals surface area contributed by atoms with Crippen molar-refractivity contribution in [2.75, 3.05) is 52.5 Å². The monoisotopic (exact) mass is 1040 g/mol. The van der Waals surface area contributed by atoms with Crippen LogP contribution in [0.3, 0.4) is 0 Å². The number of carbonyl (C=O) groups excluding carboxylic acids is 1. The lowest BCUT2D eigenvalue weighted by Gasteiger charge is -2.26. The number of anilines is 1. The van der Waals surface area contributed by atoms with Crippen LogP contribution in [0.4, 0.5) is 10.2 Å². The Morgan fingerprint density at radius 3 is 2.07 bits per heavy atom. The zero-order chi connectivity index (χ0) is 51.3. The van der Waals surface area contributed by atoms with Gasteiger partial charge in [0.05, 0.1) is 43.9 Å². The van der Waals surface area contributed by atoms with Gasteiger partial charge in [-0.15, -0.1) is 0 Å². The van der Waals surface area contributed by atoms with E-state index >= 15 is 4.39 Å². The van der Waals surface area contributed by atoms with Gasteiger partial charge in [0.25, 0.3) is 26.1 Å². The third-order valence-corrected chi connectivity index (χ3v) is 14.0. The Balaban J connectivity index is 0.000000346. The van der Waals surface area contributed by atoms with Crippen LogP contribution in [0.1, 0.15) is 28.8 Å². The molecule has 0 saturated carbocycles. The second-order valence-corrected chi connectivity index (χ2v) is 19.8. The zero-order valence-corrected chi connectivity index (χ0v) is 41.1. The van der Waals surface area contributed by atoms with Gasteiger partial charge in [-0.3, -0.25) is 23.7 Å². The highest BCUT2D eigenvalue weighted by molar-refractivity contribution is 7.86. The Morgan fingerprint density at radius 2 is 1.48 bits per heavy atom. The maximum atomic E-state index is 16.4. The Bertz CT molecular complexity index is 3380. The van der Waals surface area contributed by atoms with E-state index in [4.69, 9.17) is 44.3 Å². The maximum absolute atomic E-state index is 16.4. The summed E-state index contributed by atoms with van der Waals surface area (Å²) >= 11 is 0. The zero-order valence-electron chi connectivity index (χ0n) is 39.5. The highest BCUT2D eigenvalue weighted by Crippen LogP contribution is 2.38. The van der Waals surface area contributed by atoms with Crippen LogP contribution in [-0.2, 0) is 41.0 Å². The standard InChI is InChI=1S/C41H42FN5O7.C10H8O6S2.H2O/c1-24-3-7-34(45-18-24)32-21-47(20-25-9-11-51-12-10-25)38(37(39(32)48)41(44)49)27-4-6-30(33(42)16-27)31-15-28(19-46-40(31)43)26-5-8-35(36(17-26)50-2)54-23-29-22-52-13-14-53-29;11-17(12,13)9-5-1-3-7-8(9)4-2-6-10(7)18(14,15)16;/h3-8,15-19,21,25,29H,9-14,20,22-23H2,1-2H3,(H2,43,46)(H2,44,49);1-6H,(H,11,12,13)(H,14,15,16);1H2/t29-;;/m1../s1. The minimum atomic E-state index is -4.47. The molecular weight excluding hydrogens is 990 g/mol. The van der Waals surface area contributed by atoms with Crippen LogP contribution in [-0.4, -0.2) is 105 Å². The number of pyridine rings is 3. The predicted octanol–water partition coefficient (Wildman–Crippen LogP) is 6.17. The fourth-order valence-electron chi connectivity index (χ4n) is 8.58. The number of primary amides is 1. The van der Waals surface area contributed by atoms with Gasteiger partial charge >= 0.3 is 0 Å². The minimum absolute atomic E-state index is 0. The summed E-state index contributed by atoms with van der Waals surface area (Å²) < 4.78 is 109. The SMILES string of the molecule is COc1cc(-c2cnc(N)c(-c3ccc(-c4c(C(N)=O)c(=O)c(-c5ccc(C)cn5)cn4CC4CCOCC4)cc3F)c2)ccc1OC[C@H]1COCCO1.O.O=S(=O)(O)c1cccc2c(S(=O)(=O)O)cccc12. The Kier molecular flexibility index (Phi) is 16.7. The van der Waals surface area contributed by atoms with Gasteiger partial charge in [-0.2, -0.15) is 16.8 Å². The average molecular weight is 1040 g/mol. The van der Waals surface area contributed by atoms with Crippen molar-refractivity contribution < 1.29 is 64.3 Å². The summed E-state index contributed by atoms with van der Waals surface area (Å²) in [6.07, 6.45) is 6.36. The van der Waals surface area contributed by atoms with Crippen LogP contribution in [0, 0.1) is 18.7 Å². The van der Waals surface area contributed by atoms with Crippen LogP contribution >= 0.6 is 0 Å². The number of nitrogens with two attached hydrogens (primary N) is 2. The van der Waals surface area contributed by atoms with E-state index in [1.807, 2.05) is 29.7 Å². The first kappa shape index (κ1) is 53.6. The van der Waals surface area contributed by atoms with Crippen LogP contribution in [0.2, 0.25) is 0 Å². The second-order valence-electron chi connectivity index (χ2n) is 17.0. The molecule has 0 unspecified atom stereocenters. The van der Waals surface area contributed by atoms with Gasteiger partial charge in [-0.1, -0.05) is 48.5 Å². The molecule has 0 spiro atoms. The molecule has 1 atom stereocenters. The Hall–Kier alpha value is -7.15. The van der Waals surface area contributed by atoms with Crippen molar-refractivity contribution in [2.45, 2.75) is 42.2 Å². The van der Waals surface area contributed by atoms with E-state index in [-0.39, 0.29) is 56.5 Å². The van der Waals surface area contributed by atoms with Crippen molar-refractivity contribution in [2.24, 2.45) is 11.7 Å². The third kappa shape index (κ3) is 12.2. The molecule has 2 saturated heterocycles. The van der Waals surface area contributed by atoms with E-state index in [0.717, 1.165) is 36.1 Å². The number of aryl methyl sites for hydroxylation is 1. The van der Waals surface area contributed by atoms with Gasteiger partial charge in [0.15, 0.2) is 11.5 Å². The molecule has 7 aromatic rings. The number of halogens is 1. The quantitative estimate of drug-likeness (QED) is 0.0938. The van der Waals surface area contributed by atoms with Crippen LogP contribution < -0.4 is 26.4 Å². The van der Waals surface area contributed by atoms with E-state index in [0.29, 0.717) is 80.1 Å². The summed E-state index contributed by atoms with van der Waals surface area (Å²) in [5, 5.41) is 0.0465. The number of methoxy groups -OCH3 is 1. The highest BCUT2D eigenvalue weighted by Gasteiger charge is 2.27. The molecule has 2 aliphatic rings. The molecule has 0 aliphatic carbocycles. The summed E-state index contributed by atoms with van der Waals surface area (Å²) in [5.74, 6) is -0.196. The number of rotatable bonds is 13. The predicted molar refractivity (Wildman–Crippen MR) is 269 cm³/mol. The molecular formula is C51H52FN5O14S2. The van der Waals surface area contributed by atoms with E-state index in [2.05, 4.69) is 9.97 Å². The molecule has 384 valence electrons. The number of fused-ring (bicyclic) bond motifs is 1. The van der Waals surface area contributed by atoms with Gasteiger partial charge in [-0.25, -0.2) is 9.37 Å². The first-order valence-electron chi connectivity index (χ1n) is 22.5. The molecule has 1 amide bonds.